The number of carbonyl (C=O) groups excluding carboxylic acids is 1. The molecule has 2 N–H and O–H groups in total. The molecular weight excluding hydrogens is 267 g/mol. The average molecular weight is 284 g/mol. The maximum Gasteiger partial charge on any atom is 0.253 e. The fourth-order valence-electron chi connectivity index (χ4n) is 2.71. The quantitative estimate of drug-likeness (QED) is 0.818. The first-order chi connectivity index (χ1) is 10.1. The van der Waals surface area contributed by atoms with Gasteiger partial charge in [-0.1, -0.05) is 24.3 Å². The van der Waals surface area contributed by atoms with Gasteiger partial charge in [-0.2, -0.15) is 0 Å². The molecule has 0 saturated heterocycles. The summed E-state index contributed by atoms with van der Waals surface area (Å²) in [6.45, 7) is 1.31. The highest BCUT2D eigenvalue weighted by Gasteiger charge is 2.20. The summed E-state index contributed by atoms with van der Waals surface area (Å²) in [5, 5.41) is 0. The Morgan fingerprint density at radius 2 is 1.67 bits per heavy atom. The van der Waals surface area contributed by atoms with E-state index >= 15 is 0 Å². The Bertz CT molecular complexity index is 657. The zero-order valence-corrected chi connectivity index (χ0v) is 11.7. The van der Waals surface area contributed by atoms with Gasteiger partial charge in [0, 0.05) is 18.7 Å². The minimum atomic E-state index is -0.543. The van der Waals surface area contributed by atoms with Gasteiger partial charge < -0.3 is 10.6 Å². The smallest absolute Gasteiger partial charge is 0.253 e. The molecule has 108 valence electrons. The number of rotatable bonds is 1. The maximum absolute atomic E-state index is 13.5. The Hall–Kier alpha value is -2.36. The van der Waals surface area contributed by atoms with Gasteiger partial charge in [-0.15, -0.1) is 0 Å². The molecule has 0 aliphatic carbocycles. The van der Waals surface area contributed by atoms with Gasteiger partial charge in [-0.3, -0.25) is 4.79 Å². The van der Waals surface area contributed by atoms with E-state index in [1.807, 2.05) is 12.1 Å². The molecule has 4 heteroatoms. The van der Waals surface area contributed by atoms with Crippen molar-refractivity contribution >= 4 is 11.6 Å². The normalized spacial score (nSPS) is 14.4. The molecule has 0 radical (unpaired) electrons. The first-order valence-electron chi connectivity index (χ1n) is 7.06. The second-order valence-corrected chi connectivity index (χ2v) is 5.30. The minimum absolute atomic E-state index is 0.0646. The van der Waals surface area contributed by atoms with Crippen molar-refractivity contribution in [2.24, 2.45) is 0 Å². The number of halogens is 1. The summed E-state index contributed by atoms with van der Waals surface area (Å²) < 4.78 is 13.5. The van der Waals surface area contributed by atoms with Gasteiger partial charge in [0.25, 0.3) is 5.91 Å². The van der Waals surface area contributed by atoms with Gasteiger partial charge in [0.15, 0.2) is 0 Å². The lowest BCUT2D eigenvalue weighted by Crippen LogP contribution is -2.33. The number of amides is 1. The van der Waals surface area contributed by atoms with Crippen LogP contribution >= 0.6 is 0 Å². The summed E-state index contributed by atoms with van der Waals surface area (Å²) in [4.78, 5) is 14.3. The zero-order chi connectivity index (χ0) is 14.8. The summed E-state index contributed by atoms with van der Waals surface area (Å²) in [7, 11) is 0. The van der Waals surface area contributed by atoms with Crippen molar-refractivity contribution < 1.29 is 9.18 Å². The van der Waals surface area contributed by atoms with Crippen molar-refractivity contribution in [3.63, 3.8) is 0 Å². The topological polar surface area (TPSA) is 46.3 Å². The molecule has 2 aromatic carbocycles. The Balaban J connectivity index is 1.79. The van der Waals surface area contributed by atoms with Crippen molar-refractivity contribution in [1.29, 1.82) is 0 Å². The van der Waals surface area contributed by atoms with Crippen LogP contribution in [0.1, 0.15) is 21.5 Å². The second-order valence-electron chi connectivity index (χ2n) is 5.30. The van der Waals surface area contributed by atoms with E-state index < -0.39 is 5.82 Å². The molecule has 0 fully saturated rings. The average Bonchev–Trinajstić information content (AvgIpc) is 2.72. The van der Waals surface area contributed by atoms with E-state index in [2.05, 4.69) is 12.1 Å². The monoisotopic (exact) mass is 284 g/mol. The molecule has 1 heterocycles. The molecule has 2 aromatic rings. The third kappa shape index (κ3) is 2.75. The number of hydrogen-bond acceptors (Lipinski definition) is 2. The molecule has 0 unspecified atom stereocenters. The van der Waals surface area contributed by atoms with Crippen LogP contribution in [0, 0.1) is 5.82 Å². The van der Waals surface area contributed by atoms with Crippen LogP contribution in [0.4, 0.5) is 10.1 Å². The standard InChI is InChI=1S/C17H17FN2O/c18-15-11-14(5-6-16(15)19)17(21)20-9-7-12-3-1-2-4-13(12)8-10-20/h1-6,11H,7-10,19H2. The van der Waals surface area contributed by atoms with Crippen LogP contribution in [0.2, 0.25) is 0 Å². The van der Waals surface area contributed by atoms with Crippen LogP contribution in [-0.2, 0) is 12.8 Å². The van der Waals surface area contributed by atoms with Gasteiger partial charge in [-0.05, 0) is 42.2 Å². The van der Waals surface area contributed by atoms with Crippen molar-refractivity contribution in [2.75, 3.05) is 18.8 Å². The molecule has 0 spiro atoms. The molecule has 1 aliphatic heterocycles. The van der Waals surface area contributed by atoms with Crippen LogP contribution in [0.25, 0.3) is 0 Å². The van der Waals surface area contributed by atoms with Gasteiger partial charge >= 0.3 is 0 Å². The molecule has 3 rings (SSSR count). The van der Waals surface area contributed by atoms with E-state index in [0.717, 1.165) is 12.8 Å². The van der Waals surface area contributed by atoms with Crippen molar-refractivity contribution in [1.82, 2.24) is 4.90 Å². The highest BCUT2D eigenvalue weighted by molar-refractivity contribution is 5.94. The van der Waals surface area contributed by atoms with Gasteiger partial charge in [0.2, 0.25) is 0 Å². The Labute approximate surface area is 123 Å². The second kappa shape index (κ2) is 5.56. The fourth-order valence-corrected chi connectivity index (χ4v) is 2.71. The molecule has 3 nitrogen and oxygen atoms in total. The van der Waals surface area contributed by atoms with E-state index in [9.17, 15) is 9.18 Å². The van der Waals surface area contributed by atoms with Gasteiger partial charge in [0.1, 0.15) is 5.82 Å². The zero-order valence-electron chi connectivity index (χ0n) is 11.7. The number of nitrogen functional groups attached to an aromatic ring is 1. The third-order valence-corrected chi connectivity index (χ3v) is 3.96. The SMILES string of the molecule is Nc1ccc(C(=O)N2CCc3ccccc3CC2)cc1F. The molecule has 0 aromatic heterocycles. The number of anilines is 1. The van der Waals surface area contributed by atoms with Crippen molar-refractivity contribution in [2.45, 2.75) is 12.8 Å². The molecule has 1 amide bonds. The van der Waals surface area contributed by atoms with Gasteiger partial charge in [-0.25, -0.2) is 4.39 Å². The molecule has 0 bridgehead atoms. The number of nitrogens with two attached hydrogens (primary N) is 1. The first-order valence-corrected chi connectivity index (χ1v) is 7.06. The highest BCUT2D eigenvalue weighted by atomic mass is 19.1. The molecule has 0 saturated carbocycles. The van der Waals surface area contributed by atoms with E-state index in [1.54, 1.807) is 11.0 Å². The minimum Gasteiger partial charge on any atom is -0.396 e. The molecular formula is C17H17FN2O. The summed E-state index contributed by atoms with van der Waals surface area (Å²) in [5.74, 6) is -0.680. The number of nitrogens with zero attached hydrogens (tertiary/aromatic N) is 1. The van der Waals surface area contributed by atoms with Crippen molar-refractivity contribution in [3.05, 3.63) is 65.0 Å². The Kier molecular flexibility index (Phi) is 3.60. The maximum atomic E-state index is 13.5. The van der Waals surface area contributed by atoms with Crippen molar-refractivity contribution in [3.8, 4) is 0 Å². The van der Waals surface area contributed by atoms with E-state index in [1.165, 1.54) is 23.3 Å². The van der Waals surface area contributed by atoms with Crippen LogP contribution < -0.4 is 5.73 Å². The van der Waals surface area contributed by atoms with E-state index in [-0.39, 0.29) is 11.6 Å². The lowest BCUT2D eigenvalue weighted by atomic mass is 10.0. The summed E-state index contributed by atoms with van der Waals surface area (Å²) in [5.41, 5.74) is 8.45. The van der Waals surface area contributed by atoms with Crippen LogP contribution in [0.3, 0.4) is 0 Å². The van der Waals surface area contributed by atoms with E-state index in [0.29, 0.717) is 18.7 Å². The summed E-state index contributed by atoms with van der Waals surface area (Å²) in [6.07, 6.45) is 1.67. The molecule has 1 aliphatic rings. The van der Waals surface area contributed by atoms with E-state index in [4.69, 9.17) is 5.73 Å². The number of benzene rings is 2. The van der Waals surface area contributed by atoms with Crippen LogP contribution in [0.5, 0.6) is 0 Å². The summed E-state index contributed by atoms with van der Waals surface area (Å²) in [6, 6.07) is 12.5. The predicted molar refractivity (Wildman–Crippen MR) is 80.6 cm³/mol. The summed E-state index contributed by atoms with van der Waals surface area (Å²) >= 11 is 0. The molecule has 0 atom stereocenters. The Morgan fingerprint density at radius 3 is 2.24 bits per heavy atom. The lowest BCUT2D eigenvalue weighted by molar-refractivity contribution is 0.0762. The molecule has 21 heavy (non-hydrogen) atoms. The number of hydrogen-bond donors (Lipinski definition) is 1. The third-order valence-electron chi connectivity index (χ3n) is 3.96. The van der Waals surface area contributed by atoms with Gasteiger partial charge in [0.05, 0.1) is 5.69 Å². The first kappa shape index (κ1) is 13.6. The highest BCUT2D eigenvalue weighted by Crippen LogP contribution is 2.18. The van der Waals surface area contributed by atoms with Crippen LogP contribution in [-0.4, -0.2) is 23.9 Å². The van der Waals surface area contributed by atoms with Crippen LogP contribution in [0.15, 0.2) is 42.5 Å². The largest absolute Gasteiger partial charge is 0.396 e. The predicted octanol–water partition coefficient (Wildman–Crippen LogP) is 2.65. The number of carbonyl (C=O) groups is 1. The number of fused-ring (bicyclic) bond motifs is 1. The fraction of sp³-hybridized carbons (Fsp3) is 0.235. The lowest BCUT2D eigenvalue weighted by Gasteiger charge is -2.20. The Morgan fingerprint density at radius 1 is 1.05 bits per heavy atom.